The van der Waals surface area contributed by atoms with E-state index in [9.17, 15) is 4.79 Å². The second-order valence-electron chi connectivity index (χ2n) is 5.10. The van der Waals surface area contributed by atoms with Crippen LogP contribution in [0.1, 0.15) is 5.69 Å². The fraction of sp³-hybridized carbons (Fsp3) is 0.312. The van der Waals surface area contributed by atoms with Crippen molar-refractivity contribution in [3.63, 3.8) is 0 Å². The summed E-state index contributed by atoms with van der Waals surface area (Å²) in [6, 6.07) is 8.96. The van der Waals surface area contributed by atoms with Crippen LogP contribution in [0.25, 0.3) is 0 Å². The van der Waals surface area contributed by atoms with Gasteiger partial charge in [0.1, 0.15) is 0 Å². The van der Waals surface area contributed by atoms with Gasteiger partial charge < -0.3 is 20.3 Å². The van der Waals surface area contributed by atoms with Crippen LogP contribution >= 0.6 is 0 Å². The Kier molecular flexibility index (Phi) is 5.00. The molecule has 2 aromatic rings. The third kappa shape index (κ3) is 4.17. The first kappa shape index (κ1) is 15.2. The number of pyridine rings is 2. The summed E-state index contributed by atoms with van der Waals surface area (Å²) in [7, 11) is 0. The van der Waals surface area contributed by atoms with E-state index in [1.165, 1.54) is 0 Å². The first-order valence-electron chi connectivity index (χ1n) is 7.55. The summed E-state index contributed by atoms with van der Waals surface area (Å²) in [4.78, 5) is 22.8. The summed E-state index contributed by atoms with van der Waals surface area (Å²) in [5.74, 6) is 0.767. The minimum Gasteiger partial charge on any atom is -0.378 e. The molecule has 0 aromatic carbocycles. The van der Waals surface area contributed by atoms with E-state index in [4.69, 9.17) is 4.74 Å². The van der Waals surface area contributed by atoms with Crippen molar-refractivity contribution in [1.29, 1.82) is 0 Å². The molecule has 0 unspecified atom stereocenters. The maximum atomic E-state index is 12.1. The molecular formula is C16H19N5O2. The van der Waals surface area contributed by atoms with Crippen LogP contribution in [0.15, 0.2) is 42.7 Å². The molecule has 0 aliphatic carbocycles. The van der Waals surface area contributed by atoms with E-state index in [2.05, 4.69) is 25.5 Å². The van der Waals surface area contributed by atoms with Crippen molar-refractivity contribution in [3.8, 4) is 0 Å². The fourth-order valence-corrected chi connectivity index (χ4v) is 2.36. The van der Waals surface area contributed by atoms with E-state index in [0.29, 0.717) is 25.4 Å². The van der Waals surface area contributed by atoms with E-state index < -0.39 is 0 Å². The maximum Gasteiger partial charge on any atom is 0.319 e. The van der Waals surface area contributed by atoms with E-state index in [0.717, 1.165) is 24.6 Å². The van der Waals surface area contributed by atoms with Crippen LogP contribution in [-0.2, 0) is 11.3 Å². The van der Waals surface area contributed by atoms with Gasteiger partial charge in [-0.15, -0.1) is 0 Å². The summed E-state index contributed by atoms with van der Waals surface area (Å²) in [5, 5.41) is 5.65. The highest BCUT2D eigenvalue weighted by Gasteiger charge is 2.16. The van der Waals surface area contributed by atoms with Crippen LogP contribution < -0.4 is 15.5 Å². The second-order valence-corrected chi connectivity index (χ2v) is 5.10. The molecule has 0 atom stereocenters. The number of ether oxygens (including phenoxy) is 1. The Labute approximate surface area is 134 Å². The predicted octanol–water partition coefficient (Wildman–Crippen LogP) is 1.63. The minimum atomic E-state index is -0.279. The summed E-state index contributed by atoms with van der Waals surface area (Å²) in [5.41, 5.74) is 1.50. The molecule has 3 heterocycles. The third-order valence-corrected chi connectivity index (χ3v) is 3.50. The average Bonchev–Trinajstić information content (AvgIpc) is 2.62. The van der Waals surface area contributed by atoms with Gasteiger partial charge in [-0.2, -0.15) is 0 Å². The van der Waals surface area contributed by atoms with Gasteiger partial charge in [-0.25, -0.2) is 9.78 Å². The largest absolute Gasteiger partial charge is 0.378 e. The molecule has 2 amide bonds. The Morgan fingerprint density at radius 3 is 2.74 bits per heavy atom. The van der Waals surface area contributed by atoms with Crippen molar-refractivity contribution in [2.45, 2.75) is 6.54 Å². The number of rotatable bonds is 4. The van der Waals surface area contributed by atoms with E-state index in [-0.39, 0.29) is 6.03 Å². The lowest BCUT2D eigenvalue weighted by Crippen LogP contribution is -2.38. The fourth-order valence-electron chi connectivity index (χ4n) is 2.36. The van der Waals surface area contributed by atoms with Gasteiger partial charge in [-0.3, -0.25) is 4.98 Å². The number of morpholine rings is 1. The molecule has 0 saturated carbocycles. The lowest BCUT2D eigenvalue weighted by Gasteiger charge is -2.29. The summed E-state index contributed by atoms with van der Waals surface area (Å²) in [6.07, 6.45) is 3.42. The molecule has 23 heavy (non-hydrogen) atoms. The lowest BCUT2D eigenvalue weighted by atomic mass is 10.3. The van der Waals surface area contributed by atoms with E-state index in [1.807, 2.05) is 24.3 Å². The number of hydrogen-bond acceptors (Lipinski definition) is 5. The molecule has 0 radical (unpaired) electrons. The highest BCUT2D eigenvalue weighted by molar-refractivity contribution is 5.92. The molecular weight excluding hydrogens is 294 g/mol. The van der Waals surface area contributed by atoms with Crippen LogP contribution in [0.4, 0.5) is 16.3 Å². The van der Waals surface area contributed by atoms with Gasteiger partial charge in [0, 0.05) is 25.5 Å². The van der Waals surface area contributed by atoms with Gasteiger partial charge in [0.05, 0.1) is 31.1 Å². The van der Waals surface area contributed by atoms with Crippen LogP contribution in [0.2, 0.25) is 0 Å². The highest BCUT2D eigenvalue weighted by atomic mass is 16.5. The SMILES string of the molecule is O=C(NCc1ccccn1)Nc1cccnc1N1CCOCC1. The molecule has 2 aromatic heterocycles. The van der Waals surface area contributed by atoms with E-state index >= 15 is 0 Å². The topological polar surface area (TPSA) is 79.4 Å². The molecule has 2 N–H and O–H groups in total. The normalized spacial score (nSPS) is 14.3. The number of amides is 2. The first-order chi connectivity index (χ1) is 11.3. The zero-order valence-electron chi connectivity index (χ0n) is 12.7. The van der Waals surface area contributed by atoms with Crippen molar-refractivity contribution in [1.82, 2.24) is 15.3 Å². The smallest absolute Gasteiger partial charge is 0.319 e. The lowest BCUT2D eigenvalue weighted by molar-refractivity contribution is 0.122. The Bertz CT molecular complexity index is 644. The first-order valence-corrected chi connectivity index (χ1v) is 7.55. The highest BCUT2D eigenvalue weighted by Crippen LogP contribution is 2.23. The standard InChI is InChI=1S/C16H19N5O2/c22-16(19-12-13-4-1-2-6-17-13)20-14-5-3-7-18-15(14)21-8-10-23-11-9-21/h1-7H,8-12H2,(H2,19,20,22). The molecule has 7 nitrogen and oxygen atoms in total. The molecule has 3 rings (SSSR count). The van der Waals surface area contributed by atoms with Crippen LogP contribution in [0, 0.1) is 0 Å². The van der Waals surface area contributed by atoms with Crippen molar-refractivity contribution in [2.75, 3.05) is 36.5 Å². The molecule has 0 spiro atoms. The molecule has 0 bridgehead atoms. The Morgan fingerprint density at radius 2 is 1.96 bits per heavy atom. The zero-order valence-corrected chi connectivity index (χ0v) is 12.7. The van der Waals surface area contributed by atoms with Crippen molar-refractivity contribution >= 4 is 17.5 Å². The Morgan fingerprint density at radius 1 is 1.13 bits per heavy atom. The molecule has 1 saturated heterocycles. The van der Waals surface area contributed by atoms with Gasteiger partial charge in [-0.05, 0) is 24.3 Å². The molecule has 1 aliphatic rings. The van der Waals surface area contributed by atoms with Gasteiger partial charge in [-0.1, -0.05) is 6.07 Å². The number of carbonyl (C=O) groups excluding carboxylic acids is 1. The number of urea groups is 1. The molecule has 120 valence electrons. The quantitative estimate of drug-likeness (QED) is 0.897. The summed E-state index contributed by atoms with van der Waals surface area (Å²) >= 11 is 0. The predicted molar refractivity (Wildman–Crippen MR) is 87.4 cm³/mol. The average molecular weight is 313 g/mol. The number of nitrogens with zero attached hydrogens (tertiary/aromatic N) is 3. The van der Waals surface area contributed by atoms with Gasteiger partial charge >= 0.3 is 6.03 Å². The zero-order chi connectivity index (χ0) is 15.9. The van der Waals surface area contributed by atoms with Crippen molar-refractivity contribution in [3.05, 3.63) is 48.4 Å². The third-order valence-electron chi connectivity index (χ3n) is 3.50. The number of anilines is 2. The van der Waals surface area contributed by atoms with Crippen LogP contribution in [0.3, 0.4) is 0 Å². The second kappa shape index (κ2) is 7.55. The molecule has 1 fully saturated rings. The van der Waals surface area contributed by atoms with Crippen molar-refractivity contribution < 1.29 is 9.53 Å². The number of nitrogens with one attached hydrogen (secondary N) is 2. The number of carbonyl (C=O) groups is 1. The van der Waals surface area contributed by atoms with Crippen molar-refractivity contribution in [2.24, 2.45) is 0 Å². The van der Waals surface area contributed by atoms with Gasteiger partial charge in [0.15, 0.2) is 5.82 Å². The summed E-state index contributed by atoms with van der Waals surface area (Å²) in [6.45, 7) is 3.24. The maximum absolute atomic E-state index is 12.1. The Balaban J connectivity index is 1.62. The summed E-state index contributed by atoms with van der Waals surface area (Å²) < 4.78 is 5.35. The molecule has 7 heteroatoms. The minimum absolute atomic E-state index is 0.279. The molecule has 1 aliphatic heterocycles. The van der Waals surface area contributed by atoms with Crippen LogP contribution in [-0.4, -0.2) is 42.3 Å². The van der Waals surface area contributed by atoms with E-state index in [1.54, 1.807) is 18.5 Å². The Hall–Kier alpha value is -2.67. The van der Waals surface area contributed by atoms with Gasteiger partial charge in [0.25, 0.3) is 0 Å². The van der Waals surface area contributed by atoms with Gasteiger partial charge in [0.2, 0.25) is 0 Å². The number of hydrogen-bond donors (Lipinski definition) is 2. The monoisotopic (exact) mass is 313 g/mol. The number of aromatic nitrogens is 2. The van der Waals surface area contributed by atoms with Crippen LogP contribution in [0.5, 0.6) is 0 Å².